The molecule has 6 aliphatic rings. The smallest absolute Gasteiger partial charge is 0.490 e. The van der Waals surface area contributed by atoms with Gasteiger partial charge in [0.15, 0.2) is 0 Å². The molecule has 0 saturated heterocycles. The van der Waals surface area contributed by atoms with E-state index in [1.165, 1.54) is 42.1 Å². The van der Waals surface area contributed by atoms with Crippen molar-refractivity contribution in [3.63, 3.8) is 0 Å². The zero-order chi connectivity index (χ0) is 69.5. The molecule has 3 fully saturated rings. The van der Waals surface area contributed by atoms with Gasteiger partial charge in [-0.15, -0.1) is 21.8 Å². The van der Waals surface area contributed by atoms with E-state index in [1.54, 1.807) is 43.8 Å². The number of fused-ring (bicyclic) bond motifs is 3. The Morgan fingerprint density at radius 2 is 0.929 bits per heavy atom. The summed E-state index contributed by atoms with van der Waals surface area (Å²) in [7, 11) is 1.62. The zero-order valence-electron chi connectivity index (χ0n) is 56.0. The number of methoxy groups -OCH3 is 2. The zero-order valence-corrected chi connectivity index (χ0v) is 59.9. The molecule has 3 saturated carbocycles. The molecule has 3 aliphatic heterocycles. The van der Waals surface area contributed by atoms with E-state index in [0.717, 1.165) is 132 Å². The van der Waals surface area contributed by atoms with Crippen molar-refractivity contribution >= 4 is 86.7 Å². The molecule has 20 nitrogen and oxygen atoms in total. The Balaban J connectivity index is 0.000000134. The summed E-state index contributed by atoms with van der Waals surface area (Å²) in [6.45, 7) is 15.0. The van der Waals surface area contributed by atoms with Crippen LogP contribution in [0.2, 0.25) is 24.8 Å². The van der Waals surface area contributed by atoms with Gasteiger partial charge in [0.25, 0.3) is 0 Å². The number of pyridine rings is 6. The van der Waals surface area contributed by atoms with Crippen molar-refractivity contribution < 1.29 is 48.1 Å². The lowest BCUT2D eigenvalue weighted by molar-refractivity contribution is -0.119. The first-order valence-electron chi connectivity index (χ1n) is 32.5. The number of amides is 3. The Morgan fingerprint density at radius 1 is 0.541 bits per heavy atom. The van der Waals surface area contributed by atoms with Crippen LogP contribution in [0.15, 0.2) is 151 Å². The minimum Gasteiger partial charge on any atom is -0.493 e. The second-order valence-corrected chi connectivity index (χ2v) is 40.4. The van der Waals surface area contributed by atoms with E-state index in [2.05, 4.69) is 105 Å². The van der Waals surface area contributed by atoms with Gasteiger partial charge in [-0.05, 0) is 182 Å². The number of benzene rings is 3. The van der Waals surface area contributed by atoms with Crippen LogP contribution < -0.4 is 50.7 Å². The number of nitrogens with one attached hydrogen (secondary N) is 4. The van der Waals surface area contributed by atoms with Crippen molar-refractivity contribution in [1.29, 1.82) is 0 Å². The van der Waals surface area contributed by atoms with Gasteiger partial charge < -0.3 is 54.7 Å². The molecule has 0 unspecified atom stereocenters. The Kier molecular flexibility index (Phi) is 21.5. The number of H-pyrrole nitrogens is 1. The number of anilines is 3. The van der Waals surface area contributed by atoms with Crippen molar-refractivity contribution in [2.45, 2.75) is 114 Å². The molecule has 0 atom stereocenters. The van der Waals surface area contributed by atoms with Crippen LogP contribution in [-0.2, 0) is 49.9 Å². The van der Waals surface area contributed by atoms with Crippen molar-refractivity contribution in [3.05, 3.63) is 212 Å². The molecule has 3 aromatic carbocycles. The quantitative estimate of drug-likeness (QED) is 0.0256. The Hall–Kier alpha value is -9.01. The highest BCUT2D eigenvalue weighted by molar-refractivity contribution is 14.1. The molecule has 3 aliphatic carbocycles. The number of aromatic amines is 1. The van der Waals surface area contributed by atoms with Gasteiger partial charge in [0, 0.05) is 66.6 Å². The van der Waals surface area contributed by atoms with Crippen LogP contribution in [0, 0.1) is 20.8 Å². The predicted molar refractivity (Wildman–Crippen MR) is 391 cm³/mol. The van der Waals surface area contributed by atoms with Crippen LogP contribution in [0.5, 0.6) is 29.0 Å². The average molecular weight is 1470 g/mol. The molecule has 9 heterocycles. The van der Waals surface area contributed by atoms with E-state index < -0.39 is 28.9 Å². The lowest BCUT2D eigenvalue weighted by Gasteiger charge is -2.17. The van der Waals surface area contributed by atoms with Crippen LogP contribution in [0.25, 0.3) is 22.5 Å². The molecule has 9 aromatic rings. The van der Waals surface area contributed by atoms with Crippen molar-refractivity contribution in [2.24, 2.45) is 0 Å². The average Bonchev–Trinajstić information content (AvgIpc) is 1.61. The van der Waals surface area contributed by atoms with Gasteiger partial charge >= 0.3 is 7.12 Å². The first-order chi connectivity index (χ1) is 46.9. The summed E-state index contributed by atoms with van der Waals surface area (Å²) >= 11 is 8.48. The third-order valence-corrected chi connectivity index (χ3v) is 17.7. The van der Waals surface area contributed by atoms with Gasteiger partial charge in [-0.3, -0.25) is 19.2 Å². The minimum absolute atomic E-state index is 0.00160. The lowest BCUT2D eigenvalue weighted by atomic mass is 9.82. The van der Waals surface area contributed by atoms with E-state index in [0.29, 0.717) is 58.7 Å². The Bertz CT molecular complexity index is 4440. The molecule has 0 spiro atoms. The molecule has 6 aromatic heterocycles. The highest BCUT2D eigenvalue weighted by Crippen LogP contribution is 2.52. The second kappa shape index (κ2) is 30.0. The van der Waals surface area contributed by atoms with E-state index in [-0.39, 0.29) is 23.3 Å². The molecule has 3 amide bonds. The van der Waals surface area contributed by atoms with Crippen LogP contribution in [0.3, 0.4) is 0 Å². The summed E-state index contributed by atoms with van der Waals surface area (Å²) in [5.41, 5.74) is 11.0. The van der Waals surface area contributed by atoms with Crippen molar-refractivity contribution in [1.82, 2.24) is 29.9 Å². The molecule has 98 heavy (non-hydrogen) atoms. The fourth-order valence-electron chi connectivity index (χ4n) is 11.8. The van der Waals surface area contributed by atoms with Gasteiger partial charge in [0.05, 0.1) is 61.7 Å². The molecular formula is C74H78BClIN9O11Si. The summed E-state index contributed by atoms with van der Waals surface area (Å²) in [6, 6.07) is 39.6. The third-order valence-electron chi connectivity index (χ3n) is 17.5. The van der Waals surface area contributed by atoms with E-state index >= 15 is 0 Å². The number of ether oxygens (including phenoxy) is 5. The number of rotatable bonds is 14. The number of carbonyl (C=O) groups excluding carboxylic acids is 3. The third kappa shape index (κ3) is 17.3. The van der Waals surface area contributed by atoms with E-state index in [9.17, 15) is 19.2 Å². The number of nitrogens with zero attached hydrogens (tertiary/aromatic N) is 5. The summed E-state index contributed by atoms with van der Waals surface area (Å²) in [5.74, 6) is 5.36. The standard InChI is InChI=1S/C24H23N3O3.C23H21N3O3.C18H17ClN2O2.C6H8BNO3.C3H9ISi/c1-15-11-19(17-3-6-22(29-2)25-14-17)26-21(12-15)27-23(28)24(8-9-24)18-4-5-20-16(13-18)7-10-30-20;1-14-10-18(16-2-5-21(27)24-13-16)25-20(11-14)26-22(28)23(7-8-23)17-3-4-19-15(12-17)6-9-29-19;1-11-8-15(19)20-16(9-11)21-17(22)18(5-6-18)13-2-3-14-12(10-13)4-7-23-14;1-11-6-3-2-5(4-8-6)7(9)10;1-5(2,3)4/h3-6,11-14H,7-10H2,1-2H3,(H,26,27,28);2-5,10-13H,6-9H2,1H3,(H,24,27)(H,25,26,28);2-3,8-10H,4-7H2,1H3,(H,20,21,22);2-4,9-10H,1H3;1-3H3. The van der Waals surface area contributed by atoms with Crippen LogP contribution in [0.1, 0.15) is 88.6 Å². The normalized spacial score (nSPS) is 15.3. The number of aromatic nitrogens is 6. The van der Waals surface area contributed by atoms with Crippen molar-refractivity contribution in [2.75, 3.05) is 50.0 Å². The number of aryl methyl sites for hydroxylation is 3. The van der Waals surface area contributed by atoms with Crippen LogP contribution >= 0.6 is 33.4 Å². The summed E-state index contributed by atoms with van der Waals surface area (Å²) in [6.07, 6.45) is 12.5. The molecule has 15 rings (SSSR count). The highest BCUT2D eigenvalue weighted by atomic mass is 127. The maximum atomic E-state index is 13.2. The predicted octanol–water partition coefficient (Wildman–Crippen LogP) is 12.1. The van der Waals surface area contributed by atoms with Gasteiger partial charge in [-0.2, -0.15) is 0 Å². The van der Waals surface area contributed by atoms with Crippen molar-refractivity contribution in [3.8, 4) is 51.5 Å². The number of hydrogen-bond acceptors (Lipinski definition) is 16. The maximum Gasteiger partial charge on any atom is 0.490 e. The number of halogens is 2. The minimum atomic E-state index is -1.46. The van der Waals surface area contributed by atoms with Gasteiger partial charge in [-0.25, -0.2) is 24.9 Å². The fraction of sp³-hybridized carbons (Fsp3) is 0.311. The van der Waals surface area contributed by atoms with Crippen LogP contribution in [0.4, 0.5) is 17.5 Å². The summed E-state index contributed by atoms with van der Waals surface area (Å²) in [4.78, 5) is 74.6. The van der Waals surface area contributed by atoms with Gasteiger partial charge in [0.1, 0.15) is 45.4 Å². The van der Waals surface area contributed by atoms with Gasteiger partial charge in [0.2, 0.25) is 35.0 Å². The number of carbonyl (C=O) groups is 3. The highest BCUT2D eigenvalue weighted by Gasteiger charge is 2.54. The Labute approximate surface area is 588 Å². The molecule has 0 radical (unpaired) electrons. The molecule has 6 N–H and O–H groups in total. The monoisotopic (exact) mass is 1470 g/mol. The van der Waals surface area contributed by atoms with E-state index in [4.69, 9.17) is 45.3 Å². The second-order valence-electron chi connectivity index (χ2n) is 26.2. The largest absolute Gasteiger partial charge is 0.493 e. The molecular weight excluding hydrogens is 1390 g/mol. The fourth-order valence-corrected chi connectivity index (χ4v) is 12.1. The summed E-state index contributed by atoms with van der Waals surface area (Å²) in [5, 5.41) is 26.7. The molecule has 24 heteroatoms. The van der Waals surface area contributed by atoms with Crippen LogP contribution in [-0.4, -0.2) is 104 Å². The summed E-state index contributed by atoms with van der Waals surface area (Å²) < 4.78 is 26.6. The van der Waals surface area contributed by atoms with Gasteiger partial charge in [-0.1, -0.05) is 73.7 Å². The number of hydrogen-bond donors (Lipinski definition) is 6. The topological polar surface area (TPSA) is 271 Å². The molecule has 0 bridgehead atoms. The van der Waals surface area contributed by atoms with E-state index in [1.807, 2.05) is 93.6 Å². The Morgan fingerprint density at radius 3 is 1.28 bits per heavy atom. The maximum absolute atomic E-state index is 13.2. The first kappa shape index (κ1) is 70.3. The lowest BCUT2D eigenvalue weighted by Crippen LogP contribution is -2.29. The first-order valence-corrected chi connectivity index (χ1v) is 39.5. The molecule has 506 valence electrons. The SMILES string of the molecule is COc1ccc(-c2cc(C)cc(NC(=O)C3(c4ccc5c(c4)CCO5)CC3)n2)cn1.COc1ccc(B(O)O)cn1.C[Si](C)(C)I.Cc1cc(Cl)nc(NC(=O)C2(c3ccc4c(c3)CCO4)CC2)c1.Cc1cc(NC(=O)C2(c3ccc4c(c3)CCO4)CC2)nc(-c2ccc(=O)[nH]c2)c1.